The van der Waals surface area contributed by atoms with Crippen LogP contribution in [0.5, 0.6) is 0 Å². The fraction of sp³-hybridized carbons (Fsp3) is 0.250. The first-order chi connectivity index (χ1) is 6.89. The van der Waals surface area contributed by atoms with E-state index in [1.54, 1.807) is 0 Å². The average molecular weight is 234 g/mol. The number of carbonyl (C=O) groups is 1. The minimum Gasteiger partial charge on any atom is -0.273 e. The number of halogens is 3. The Balaban J connectivity index is 2.62. The van der Waals surface area contributed by atoms with Gasteiger partial charge < -0.3 is 0 Å². The van der Waals surface area contributed by atoms with Crippen LogP contribution in [-0.4, -0.2) is 15.7 Å². The molecule has 7 heteroatoms. The van der Waals surface area contributed by atoms with Crippen molar-refractivity contribution in [3.05, 3.63) is 17.1 Å². The maximum absolute atomic E-state index is 12.3. The van der Waals surface area contributed by atoms with E-state index in [0.29, 0.717) is 16.0 Å². The largest absolute Gasteiger partial charge is 0.425 e. The van der Waals surface area contributed by atoms with E-state index in [1.165, 1.54) is 13.1 Å². The Morgan fingerprint density at radius 3 is 2.73 bits per heavy atom. The molecule has 0 aliphatic heterocycles. The second-order valence-electron chi connectivity index (χ2n) is 2.93. The number of nitrogens with zero attached hydrogens (tertiary/aromatic N) is 2. The molecule has 0 fully saturated rings. The first-order valence-corrected chi connectivity index (χ1v) is 4.77. The second kappa shape index (κ2) is 3.06. The van der Waals surface area contributed by atoms with Crippen LogP contribution in [0.15, 0.2) is 12.3 Å². The van der Waals surface area contributed by atoms with Crippen molar-refractivity contribution in [1.29, 1.82) is 0 Å². The number of fused-ring (bicyclic) bond motifs is 1. The van der Waals surface area contributed by atoms with Crippen molar-refractivity contribution >= 4 is 27.5 Å². The van der Waals surface area contributed by atoms with E-state index >= 15 is 0 Å². The summed E-state index contributed by atoms with van der Waals surface area (Å²) in [5.74, 6) is -0.406. The molecule has 15 heavy (non-hydrogen) atoms. The van der Waals surface area contributed by atoms with Crippen LogP contribution >= 0.6 is 11.3 Å². The molecule has 80 valence electrons. The Hall–Kier alpha value is -1.37. The molecule has 0 aliphatic carbocycles. The van der Waals surface area contributed by atoms with Gasteiger partial charge in [-0.1, -0.05) is 0 Å². The van der Waals surface area contributed by atoms with Gasteiger partial charge in [-0.25, -0.2) is 0 Å². The summed E-state index contributed by atoms with van der Waals surface area (Å²) in [5.41, 5.74) is 0.208. The zero-order valence-electron chi connectivity index (χ0n) is 7.50. The van der Waals surface area contributed by atoms with Crippen LogP contribution in [-0.2, 0) is 6.18 Å². The third-order valence-corrected chi connectivity index (χ3v) is 2.94. The SMILES string of the molecule is CC(=O)n1ncc2sc(C(F)(F)F)cc21. The average Bonchev–Trinajstić information content (AvgIpc) is 2.56. The van der Waals surface area contributed by atoms with Crippen molar-refractivity contribution in [3.63, 3.8) is 0 Å². The van der Waals surface area contributed by atoms with Gasteiger partial charge in [0.1, 0.15) is 4.88 Å². The highest BCUT2D eigenvalue weighted by Gasteiger charge is 2.33. The number of carbonyl (C=O) groups excluding carboxylic acids is 1. The number of alkyl halides is 3. The van der Waals surface area contributed by atoms with Gasteiger partial charge in [0.25, 0.3) is 0 Å². The minimum absolute atomic E-state index is 0.208. The first-order valence-electron chi connectivity index (χ1n) is 3.95. The summed E-state index contributed by atoms with van der Waals surface area (Å²) >= 11 is 0.582. The minimum atomic E-state index is -4.37. The van der Waals surface area contributed by atoms with Crippen LogP contribution < -0.4 is 0 Å². The van der Waals surface area contributed by atoms with Crippen LogP contribution in [0, 0.1) is 0 Å². The Labute approximate surface area is 86.1 Å². The van der Waals surface area contributed by atoms with Gasteiger partial charge in [0.2, 0.25) is 5.91 Å². The summed E-state index contributed by atoms with van der Waals surface area (Å²) in [7, 11) is 0. The first kappa shape index (κ1) is 10.2. The predicted octanol–water partition coefficient (Wildman–Crippen LogP) is 2.78. The lowest BCUT2D eigenvalue weighted by Crippen LogP contribution is -2.07. The van der Waals surface area contributed by atoms with Gasteiger partial charge in [0.15, 0.2) is 0 Å². The topological polar surface area (TPSA) is 34.9 Å². The van der Waals surface area contributed by atoms with Crippen molar-refractivity contribution in [2.24, 2.45) is 0 Å². The zero-order valence-corrected chi connectivity index (χ0v) is 8.32. The number of hydrogen-bond donors (Lipinski definition) is 0. The van der Waals surface area contributed by atoms with E-state index in [2.05, 4.69) is 5.10 Å². The van der Waals surface area contributed by atoms with Crippen LogP contribution in [0.4, 0.5) is 13.2 Å². The molecule has 2 heterocycles. The number of rotatable bonds is 0. The van der Waals surface area contributed by atoms with E-state index in [0.717, 1.165) is 10.7 Å². The van der Waals surface area contributed by atoms with Gasteiger partial charge in [-0.15, -0.1) is 11.3 Å². The predicted molar refractivity (Wildman–Crippen MR) is 48.9 cm³/mol. The van der Waals surface area contributed by atoms with E-state index in [-0.39, 0.29) is 5.52 Å². The molecular formula is C8H5F3N2OS. The summed E-state index contributed by atoms with van der Waals surface area (Å²) in [4.78, 5) is 10.3. The zero-order chi connectivity index (χ0) is 11.2. The summed E-state index contributed by atoms with van der Waals surface area (Å²) in [6, 6.07) is 0.939. The van der Waals surface area contributed by atoms with Crippen LogP contribution in [0.3, 0.4) is 0 Å². The molecule has 0 aliphatic rings. The molecule has 0 spiro atoms. The number of aromatic nitrogens is 2. The maximum Gasteiger partial charge on any atom is 0.425 e. The molecular weight excluding hydrogens is 229 g/mol. The highest BCUT2D eigenvalue weighted by Crippen LogP contribution is 2.37. The third-order valence-electron chi connectivity index (χ3n) is 1.84. The molecule has 0 unspecified atom stereocenters. The lowest BCUT2D eigenvalue weighted by Gasteiger charge is -2.00. The number of thiophene rings is 1. The Kier molecular flexibility index (Phi) is 2.07. The van der Waals surface area contributed by atoms with Crippen LogP contribution in [0.2, 0.25) is 0 Å². The Morgan fingerprint density at radius 2 is 2.20 bits per heavy atom. The summed E-state index contributed by atoms with van der Waals surface area (Å²) in [6.07, 6.45) is -3.11. The Morgan fingerprint density at radius 1 is 1.53 bits per heavy atom. The van der Waals surface area contributed by atoms with E-state index in [9.17, 15) is 18.0 Å². The maximum atomic E-state index is 12.3. The molecule has 0 atom stereocenters. The van der Waals surface area contributed by atoms with Crippen molar-refractivity contribution in [1.82, 2.24) is 9.78 Å². The van der Waals surface area contributed by atoms with E-state index in [4.69, 9.17) is 0 Å². The normalized spacial score (nSPS) is 12.3. The van der Waals surface area contributed by atoms with Crippen LogP contribution in [0.25, 0.3) is 10.2 Å². The van der Waals surface area contributed by atoms with E-state index in [1.807, 2.05) is 0 Å². The molecule has 0 bridgehead atoms. The highest BCUT2D eigenvalue weighted by molar-refractivity contribution is 7.19. The fourth-order valence-corrected chi connectivity index (χ4v) is 2.09. The van der Waals surface area contributed by atoms with Crippen molar-refractivity contribution in [2.45, 2.75) is 13.1 Å². The van der Waals surface area contributed by atoms with Crippen molar-refractivity contribution < 1.29 is 18.0 Å². The lowest BCUT2D eigenvalue weighted by molar-refractivity contribution is -0.134. The standard InChI is InChI=1S/C8H5F3N2OS/c1-4(14)13-5-2-7(8(9,10)11)15-6(5)3-12-13/h2-3H,1H3. The Bertz CT molecular complexity index is 525. The molecule has 0 saturated carbocycles. The lowest BCUT2D eigenvalue weighted by atomic mass is 10.4. The van der Waals surface area contributed by atoms with Crippen molar-refractivity contribution in [2.75, 3.05) is 0 Å². The third kappa shape index (κ3) is 1.63. The van der Waals surface area contributed by atoms with Crippen molar-refractivity contribution in [3.8, 4) is 0 Å². The molecule has 0 N–H and O–H groups in total. The van der Waals surface area contributed by atoms with Gasteiger partial charge >= 0.3 is 6.18 Å². The summed E-state index contributed by atoms with van der Waals surface area (Å²) in [6.45, 7) is 1.25. The molecule has 2 rings (SSSR count). The molecule has 3 nitrogen and oxygen atoms in total. The molecule has 0 radical (unpaired) electrons. The monoisotopic (exact) mass is 234 g/mol. The molecule has 0 amide bonds. The van der Waals surface area contributed by atoms with Gasteiger partial charge in [0, 0.05) is 6.92 Å². The quantitative estimate of drug-likeness (QED) is 0.702. The summed E-state index contributed by atoms with van der Waals surface area (Å²) in [5, 5.41) is 3.69. The second-order valence-corrected chi connectivity index (χ2v) is 4.02. The molecule has 2 aromatic heterocycles. The van der Waals surface area contributed by atoms with Gasteiger partial charge in [0.05, 0.1) is 16.4 Å². The molecule has 2 aromatic rings. The van der Waals surface area contributed by atoms with E-state index < -0.39 is 17.0 Å². The van der Waals surface area contributed by atoms with Gasteiger partial charge in [-0.2, -0.15) is 23.0 Å². The molecule has 0 saturated heterocycles. The molecule has 0 aromatic carbocycles. The number of hydrogen-bond acceptors (Lipinski definition) is 3. The van der Waals surface area contributed by atoms with Crippen LogP contribution in [0.1, 0.15) is 16.6 Å². The van der Waals surface area contributed by atoms with Gasteiger partial charge in [-0.3, -0.25) is 4.79 Å². The summed E-state index contributed by atoms with van der Waals surface area (Å²) < 4.78 is 38.3. The fourth-order valence-electron chi connectivity index (χ4n) is 1.22. The smallest absolute Gasteiger partial charge is 0.273 e. The highest BCUT2D eigenvalue weighted by atomic mass is 32.1. The van der Waals surface area contributed by atoms with Gasteiger partial charge in [-0.05, 0) is 6.07 Å².